The lowest BCUT2D eigenvalue weighted by atomic mass is 10.1. The molecule has 0 unspecified atom stereocenters. The molecular weight excluding hydrogens is 325 g/mol. The van der Waals surface area contributed by atoms with Crippen LogP contribution in [0.1, 0.15) is 20.3 Å². The largest absolute Gasteiger partial charge is 0.478 e. The van der Waals surface area contributed by atoms with E-state index in [1.54, 1.807) is 30.5 Å². The molecule has 1 aliphatic rings. The lowest BCUT2D eigenvalue weighted by Crippen LogP contribution is -2.49. The van der Waals surface area contributed by atoms with Crippen molar-refractivity contribution in [2.24, 2.45) is 0 Å². The normalized spacial score (nSPS) is 14.7. The van der Waals surface area contributed by atoms with Gasteiger partial charge in [0.25, 0.3) is 5.91 Å². The highest BCUT2D eigenvalue weighted by molar-refractivity contribution is 7.99. The minimum absolute atomic E-state index is 0.0956. The summed E-state index contributed by atoms with van der Waals surface area (Å²) in [4.78, 5) is 16.0. The van der Waals surface area contributed by atoms with Crippen LogP contribution in [0, 0.1) is 5.82 Å². The molecule has 0 N–H and O–H groups in total. The Balaban J connectivity index is 1.85. The van der Waals surface area contributed by atoms with Gasteiger partial charge in [-0.05, 0) is 62.4 Å². The van der Waals surface area contributed by atoms with Gasteiger partial charge in [0.05, 0.1) is 5.69 Å². The van der Waals surface area contributed by atoms with E-state index < -0.39 is 5.60 Å². The van der Waals surface area contributed by atoms with Crippen molar-refractivity contribution in [2.45, 2.75) is 30.8 Å². The summed E-state index contributed by atoms with van der Waals surface area (Å²) < 4.78 is 18.9. The minimum Gasteiger partial charge on any atom is -0.478 e. The van der Waals surface area contributed by atoms with Crippen molar-refractivity contribution >= 4 is 23.4 Å². The van der Waals surface area contributed by atoms with Crippen LogP contribution < -0.4 is 9.64 Å². The number of fused-ring (bicyclic) bond motifs is 1. The second kappa shape index (κ2) is 6.85. The van der Waals surface area contributed by atoms with Crippen molar-refractivity contribution < 1.29 is 13.9 Å². The van der Waals surface area contributed by atoms with Crippen LogP contribution in [0.5, 0.6) is 5.75 Å². The maximum atomic E-state index is 13.1. The van der Waals surface area contributed by atoms with E-state index >= 15 is 0 Å². The first kappa shape index (κ1) is 16.8. The number of rotatable bonds is 3. The van der Waals surface area contributed by atoms with Gasteiger partial charge in [-0.1, -0.05) is 12.1 Å². The molecule has 2 aromatic rings. The molecule has 0 radical (unpaired) electrons. The van der Waals surface area contributed by atoms with Crippen LogP contribution in [-0.2, 0) is 4.79 Å². The minimum atomic E-state index is -1.04. The van der Waals surface area contributed by atoms with Crippen LogP contribution in [0.15, 0.2) is 53.4 Å². The highest BCUT2D eigenvalue weighted by atomic mass is 32.2. The molecule has 2 aromatic carbocycles. The summed E-state index contributed by atoms with van der Waals surface area (Å²) in [6, 6.07) is 13.7. The fourth-order valence-electron chi connectivity index (χ4n) is 2.70. The SMILES string of the molecule is CC(C)(Oc1ccc(F)cc1)C(=O)N1CCCSc2ccccc21. The zero-order valence-corrected chi connectivity index (χ0v) is 14.6. The van der Waals surface area contributed by atoms with Crippen molar-refractivity contribution in [3.8, 4) is 5.75 Å². The van der Waals surface area contributed by atoms with Gasteiger partial charge in [-0.15, -0.1) is 11.8 Å². The first-order chi connectivity index (χ1) is 11.5. The van der Waals surface area contributed by atoms with Gasteiger partial charge in [-0.2, -0.15) is 0 Å². The standard InChI is InChI=1S/C19H20FNO2S/c1-19(2,23-15-10-8-14(20)9-11-15)18(22)21-12-5-13-24-17-7-4-3-6-16(17)21/h3-4,6-11H,5,12-13H2,1-2H3. The number of ether oxygens (including phenoxy) is 1. The zero-order valence-electron chi connectivity index (χ0n) is 13.8. The smallest absolute Gasteiger partial charge is 0.270 e. The molecule has 1 heterocycles. The summed E-state index contributed by atoms with van der Waals surface area (Å²) in [5.74, 6) is 1.04. The molecule has 1 aliphatic heterocycles. The highest BCUT2D eigenvalue weighted by Crippen LogP contribution is 2.35. The van der Waals surface area contributed by atoms with Crippen molar-refractivity contribution in [3.05, 3.63) is 54.3 Å². The van der Waals surface area contributed by atoms with Gasteiger partial charge in [-0.3, -0.25) is 4.79 Å². The molecule has 0 aromatic heterocycles. The quantitative estimate of drug-likeness (QED) is 0.819. The van der Waals surface area contributed by atoms with Crippen molar-refractivity contribution in [1.29, 1.82) is 0 Å². The Hall–Kier alpha value is -2.01. The first-order valence-electron chi connectivity index (χ1n) is 7.96. The Morgan fingerprint density at radius 1 is 1.17 bits per heavy atom. The molecule has 3 nitrogen and oxygen atoms in total. The van der Waals surface area contributed by atoms with Gasteiger partial charge >= 0.3 is 0 Å². The van der Waals surface area contributed by atoms with Crippen LogP contribution in [0.25, 0.3) is 0 Å². The van der Waals surface area contributed by atoms with Crippen LogP contribution in [0.4, 0.5) is 10.1 Å². The van der Waals surface area contributed by atoms with E-state index in [-0.39, 0.29) is 11.7 Å². The molecule has 0 atom stereocenters. The fourth-order valence-corrected chi connectivity index (χ4v) is 3.70. The first-order valence-corrected chi connectivity index (χ1v) is 8.94. The number of benzene rings is 2. The van der Waals surface area contributed by atoms with Crippen molar-refractivity contribution in [3.63, 3.8) is 0 Å². The lowest BCUT2D eigenvalue weighted by Gasteiger charge is -2.32. The molecule has 0 spiro atoms. The predicted octanol–water partition coefficient (Wildman–Crippen LogP) is 4.51. The molecule has 0 saturated heterocycles. The number of nitrogens with zero attached hydrogens (tertiary/aromatic N) is 1. The van der Waals surface area contributed by atoms with E-state index in [1.165, 1.54) is 24.3 Å². The summed E-state index contributed by atoms with van der Waals surface area (Å²) in [6.45, 7) is 4.16. The van der Waals surface area contributed by atoms with E-state index in [0.29, 0.717) is 12.3 Å². The number of anilines is 1. The van der Waals surface area contributed by atoms with E-state index in [9.17, 15) is 9.18 Å². The van der Waals surface area contributed by atoms with Gasteiger partial charge < -0.3 is 9.64 Å². The van der Waals surface area contributed by atoms with E-state index in [1.807, 2.05) is 24.3 Å². The van der Waals surface area contributed by atoms with Crippen molar-refractivity contribution in [2.75, 3.05) is 17.2 Å². The third-order valence-electron chi connectivity index (χ3n) is 3.89. The van der Waals surface area contributed by atoms with Gasteiger partial charge in [0, 0.05) is 11.4 Å². The third-order valence-corrected chi connectivity index (χ3v) is 5.04. The fraction of sp³-hybridized carbons (Fsp3) is 0.316. The second-order valence-corrected chi connectivity index (χ2v) is 7.33. The number of amides is 1. The Morgan fingerprint density at radius 2 is 1.88 bits per heavy atom. The molecule has 5 heteroatoms. The number of halogens is 1. The number of hydrogen-bond donors (Lipinski definition) is 0. The molecule has 0 saturated carbocycles. The molecule has 0 bridgehead atoms. The third kappa shape index (κ3) is 3.56. The number of hydrogen-bond acceptors (Lipinski definition) is 3. The Morgan fingerprint density at radius 3 is 2.62 bits per heavy atom. The summed E-state index contributed by atoms with van der Waals surface area (Å²) in [7, 11) is 0. The van der Waals surface area contributed by atoms with Crippen LogP contribution in [0.2, 0.25) is 0 Å². The Kier molecular flexibility index (Phi) is 4.81. The van der Waals surface area contributed by atoms with E-state index in [4.69, 9.17) is 4.74 Å². The molecule has 0 aliphatic carbocycles. The molecule has 0 fully saturated rings. The molecule has 3 rings (SSSR count). The van der Waals surface area contributed by atoms with E-state index in [2.05, 4.69) is 0 Å². The number of para-hydroxylation sites is 1. The van der Waals surface area contributed by atoms with Crippen LogP contribution in [0.3, 0.4) is 0 Å². The maximum Gasteiger partial charge on any atom is 0.270 e. The Bertz CT molecular complexity index is 730. The summed E-state index contributed by atoms with van der Waals surface area (Å²) in [5, 5.41) is 0. The van der Waals surface area contributed by atoms with Gasteiger partial charge in [0.2, 0.25) is 0 Å². The molecular formula is C19H20FNO2S. The van der Waals surface area contributed by atoms with Gasteiger partial charge in [-0.25, -0.2) is 4.39 Å². The van der Waals surface area contributed by atoms with Gasteiger partial charge in [0.15, 0.2) is 5.60 Å². The highest BCUT2D eigenvalue weighted by Gasteiger charge is 2.36. The Labute approximate surface area is 145 Å². The summed E-state index contributed by atoms with van der Waals surface area (Å²) >= 11 is 1.77. The predicted molar refractivity (Wildman–Crippen MR) is 95.2 cm³/mol. The zero-order chi connectivity index (χ0) is 17.2. The summed E-state index contributed by atoms with van der Waals surface area (Å²) in [6.07, 6.45) is 0.928. The van der Waals surface area contributed by atoms with Crippen LogP contribution >= 0.6 is 11.8 Å². The van der Waals surface area contributed by atoms with Crippen molar-refractivity contribution in [1.82, 2.24) is 0 Å². The molecule has 1 amide bonds. The average molecular weight is 345 g/mol. The monoisotopic (exact) mass is 345 g/mol. The molecule has 126 valence electrons. The number of carbonyl (C=O) groups is 1. The second-order valence-electron chi connectivity index (χ2n) is 6.19. The van der Waals surface area contributed by atoms with Crippen LogP contribution in [-0.4, -0.2) is 23.8 Å². The number of thioether (sulfide) groups is 1. The topological polar surface area (TPSA) is 29.5 Å². The maximum absolute atomic E-state index is 13.1. The van der Waals surface area contributed by atoms with Gasteiger partial charge in [0.1, 0.15) is 11.6 Å². The lowest BCUT2D eigenvalue weighted by molar-refractivity contribution is -0.131. The molecule has 24 heavy (non-hydrogen) atoms. The van der Waals surface area contributed by atoms with E-state index in [0.717, 1.165) is 22.8 Å². The average Bonchev–Trinajstić information content (AvgIpc) is 2.78. The summed E-state index contributed by atoms with van der Waals surface area (Å²) in [5.41, 5.74) is -0.110. The number of carbonyl (C=O) groups excluding carboxylic acids is 1.